The van der Waals surface area contributed by atoms with E-state index in [9.17, 15) is 9.59 Å². The maximum atomic E-state index is 12.9. The van der Waals surface area contributed by atoms with Crippen molar-refractivity contribution in [2.75, 3.05) is 6.54 Å². The number of carbonyl (C=O) groups excluding carboxylic acids is 2. The van der Waals surface area contributed by atoms with E-state index >= 15 is 0 Å². The number of hydrogen-bond acceptors (Lipinski definition) is 2. The van der Waals surface area contributed by atoms with E-state index in [2.05, 4.69) is 17.4 Å². The molecule has 0 saturated heterocycles. The molecule has 1 saturated carbocycles. The topological polar surface area (TPSA) is 49.4 Å². The first-order valence-corrected chi connectivity index (χ1v) is 10.3. The Morgan fingerprint density at radius 3 is 2.42 bits per heavy atom. The van der Waals surface area contributed by atoms with E-state index in [4.69, 9.17) is 0 Å². The molecule has 1 aromatic carbocycles. The summed E-state index contributed by atoms with van der Waals surface area (Å²) in [6.45, 7) is 4.61. The molecule has 2 amide bonds. The number of rotatable bonds is 9. The van der Waals surface area contributed by atoms with Gasteiger partial charge in [0.2, 0.25) is 11.8 Å². The van der Waals surface area contributed by atoms with E-state index in [1.807, 2.05) is 36.9 Å². The lowest BCUT2D eigenvalue weighted by Crippen LogP contribution is -2.52. The van der Waals surface area contributed by atoms with E-state index in [-0.39, 0.29) is 23.9 Å². The molecule has 4 nitrogen and oxygen atoms in total. The summed E-state index contributed by atoms with van der Waals surface area (Å²) in [6.07, 6.45) is 8.52. The third kappa shape index (κ3) is 6.15. The molecule has 1 fully saturated rings. The molecule has 0 heterocycles. The molecule has 0 radical (unpaired) electrons. The molecule has 1 N–H and O–H groups in total. The highest BCUT2D eigenvalue weighted by Crippen LogP contribution is 2.18. The Hall–Kier alpha value is -1.84. The number of benzene rings is 1. The van der Waals surface area contributed by atoms with Gasteiger partial charge < -0.3 is 10.2 Å². The summed E-state index contributed by atoms with van der Waals surface area (Å²) in [5.74, 6) is 0.117. The standard InChI is InChI=1S/C22H34N2O2/c1-3-11-21(25)24(17-16-18-12-7-5-8-13-18)20(4-2)22(26)23-19-14-9-6-10-15-19/h5,7-8,12-13,19-20H,3-4,6,9-11,14-17H2,1-2H3,(H,23,26)/t20-/m1/s1. The van der Waals surface area contributed by atoms with Gasteiger partial charge in [0.15, 0.2) is 0 Å². The van der Waals surface area contributed by atoms with Crippen LogP contribution in [0.2, 0.25) is 0 Å². The van der Waals surface area contributed by atoms with Crippen molar-refractivity contribution in [3.8, 4) is 0 Å². The molecule has 0 unspecified atom stereocenters. The third-order valence-corrected chi connectivity index (χ3v) is 5.29. The maximum Gasteiger partial charge on any atom is 0.243 e. The summed E-state index contributed by atoms with van der Waals surface area (Å²) in [5, 5.41) is 3.21. The summed E-state index contributed by atoms with van der Waals surface area (Å²) in [7, 11) is 0. The summed E-state index contributed by atoms with van der Waals surface area (Å²) >= 11 is 0. The molecule has 0 bridgehead atoms. The van der Waals surface area contributed by atoms with Crippen LogP contribution in [0.1, 0.15) is 70.8 Å². The van der Waals surface area contributed by atoms with Gasteiger partial charge in [-0.2, -0.15) is 0 Å². The molecule has 1 atom stereocenters. The molecule has 26 heavy (non-hydrogen) atoms. The van der Waals surface area contributed by atoms with Gasteiger partial charge in [-0.1, -0.05) is 63.4 Å². The van der Waals surface area contributed by atoms with Crippen molar-refractivity contribution in [1.82, 2.24) is 10.2 Å². The Morgan fingerprint density at radius 1 is 1.12 bits per heavy atom. The quantitative estimate of drug-likeness (QED) is 0.723. The van der Waals surface area contributed by atoms with Crippen molar-refractivity contribution in [1.29, 1.82) is 0 Å². The monoisotopic (exact) mass is 358 g/mol. The third-order valence-electron chi connectivity index (χ3n) is 5.29. The Kier molecular flexibility index (Phi) is 8.66. The summed E-state index contributed by atoms with van der Waals surface area (Å²) in [4.78, 5) is 27.4. The molecule has 1 aliphatic carbocycles. The zero-order valence-corrected chi connectivity index (χ0v) is 16.4. The van der Waals surface area contributed by atoms with E-state index in [0.717, 1.165) is 25.7 Å². The van der Waals surface area contributed by atoms with Crippen molar-refractivity contribution < 1.29 is 9.59 Å². The van der Waals surface area contributed by atoms with Crippen LogP contribution in [0.4, 0.5) is 0 Å². The van der Waals surface area contributed by atoms with Crippen LogP contribution in [0.5, 0.6) is 0 Å². The zero-order valence-electron chi connectivity index (χ0n) is 16.4. The van der Waals surface area contributed by atoms with Crippen molar-refractivity contribution >= 4 is 11.8 Å². The average molecular weight is 359 g/mol. The van der Waals surface area contributed by atoms with Crippen molar-refractivity contribution in [3.05, 3.63) is 35.9 Å². The first-order valence-electron chi connectivity index (χ1n) is 10.3. The minimum atomic E-state index is -0.361. The van der Waals surface area contributed by atoms with Gasteiger partial charge in [-0.15, -0.1) is 0 Å². The van der Waals surface area contributed by atoms with Crippen LogP contribution in [-0.2, 0) is 16.0 Å². The first-order chi connectivity index (χ1) is 12.7. The highest BCUT2D eigenvalue weighted by molar-refractivity contribution is 5.87. The Morgan fingerprint density at radius 2 is 1.81 bits per heavy atom. The van der Waals surface area contributed by atoms with Crippen molar-refractivity contribution in [2.24, 2.45) is 0 Å². The van der Waals surface area contributed by atoms with E-state index in [1.165, 1.54) is 24.8 Å². The van der Waals surface area contributed by atoms with E-state index < -0.39 is 0 Å². The van der Waals surface area contributed by atoms with Gasteiger partial charge in [0.05, 0.1) is 0 Å². The number of carbonyl (C=O) groups is 2. The summed E-state index contributed by atoms with van der Waals surface area (Å²) < 4.78 is 0. The lowest BCUT2D eigenvalue weighted by Gasteiger charge is -2.32. The average Bonchev–Trinajstić information content (AvgIpc) is 2.66. The van der Waals surface area contributed by atoms with Crippen LogP contribution in [-0.4, -0.2) is 35.3 Å². The van der Waals surface area contributed by atoms with Gasteiger partial charge in [-0.3, -0.25) is 9.59 Å². The molecule has 4 heteroatoms. The second kappa shape index (κ2) is 11.0. The van der Waals surface area contributed by atoms with Gasteiger partial charge in [-0.25, -0.2) is 0 Å². The minimum Gasteiger partial charge on any atom is -0.352 e. The van der Waals surface area contributed by atoms with Crippen LogP contribution >= 0.6 is 0 Å². The SMILES string of the molecule is CCCC(=O)N(CCc1ccccc1)[C@H](CC)C(=O)NC1CCCCC1. The summed E-state index contributed by atoms with van der Waals surface area (Å²) in [5.41, 5.74) is 1.20. The van der Waals surface area contributed by atoms with Crippen LogP contribution in [0.3, 0.4) is 0 Å². The van der Waals surface area contributed by atoms with Gasteiger partial charge in [0.25, 0.3) is 0 Å². The minimum absolute atomic E-state index is 0.0249. The van der Waals surface area contributed by atoms with Crippen LogP contribution in [0.25, 0.3) is 0 Å². The number of nitrogens with one attached hydrogen (secondary N) is 1. The molecule has 1 aromatic rings. The Bertz CT molecular complexity index is 553. The smallest absolute Gasteiger partial charge is 0.243 e. The normalized spacial score (nSPS) is 16.1. The largest absolute Gasteiger partial charge is 0.352 e. The molecule has 2 rings (SSSR count). The molecule has 0 aromatic heterocycles. The van der Waals surface area contributed by atoms with E-state index in [0.29, 0.717) is 19.4 Å². The van der Waals surface area contributed by atoms with Gasteiger partial charge in [-0.05, 0) is 37.7 Å². The molecular formula is C22H34N2O2. The van der Waals surface area contributed by atoms with Crippen LogP contribution in [0.15, 0.2) is 30.3 Å². The number of amides is 2. The zero-order chi connectivity index (χ0) is 18.8. The van der Waals surface area contributed by atoms with Crippen LogP contribution < -0.4 is 5.32 Å². The Balaban J connectivity index is 2.03. The predicted molar refractivity (Wildman–Crippen MR) is 106 cm³/mol. The highest BCUT2D eigenvalue weighted by atomic mass is 16.2. The second-order valence-corrected chi connectivity index (χ2v) is 7.34. The van der Waals surface area contributed by atoms with E-state index in [1.54, 1.807) is 0 Å². The number of nitrogens with zero attached hydrogens (tertiary/aromatic N) is 1. The lowest BCUT2D eigenvalue weighted by atomic mass is 9.95. The van der Waals surface area contributed by atoms with Gasteiger partial charge >= 0.3 is 0 Å². The van der Waals surface area contributed by atoms with Crippen LogP contribution in [0, 0.1) is 0 Å². The molecule has 144 valence electrons. The van der Waals surface area contributed by atoms with Crippen molar-refractivity contribution in [2.45, 2.75) is 83.7 Å². The first kappa shape index (κ1) is 20.5. The maximum absolute atomic E-state index is 12.9. The van der Waals surface area contributed by atoms with Gasteiger partial charge in [0, 0.05) is 19.0 Å². The van der Waals surface area contributed by atoms with Gasteiger partial charge in [0.1, 0.15) is 6.04 Å². The Labute approximate surface area is 158 Å². The van der Waals surface area contributed by atoms with Crippen molar-refractivity contribution in [3.63, 3.8) is 0 Å². The fourth-order valence-corrected chi connectivity index (χ4v) is 3.80. The predicted octanol–water partition coefficient (Wildman–Crippen LogP) is 4.09. The molecule has 0 aliphatic heterocycles. The molecular weight excluding hydrogens is 324 g/mol. The molecule has 1 aliphatic rings. The highest BCUT2D eigenvalue weighted by Gasteiger charge is 2.29. The fourth-order valence-electron chi connectivity index (χ4n) is 3.80. The summed E-state index contributed by atoms with van der Waals surface area (Å²) in [6, 6.07) is 10.1. The number of hydrogen-bond donors (Lipinski definition) is 1. The second-order valence-electron chi connectivity index (χ2n) is 7.34. The fraction of sp³-hybridized carbons (Fsp3) is 0.636. The lowest BCUT2D eigenvalue weighted by molar-refractivity contribution is -0.141. The molecule has 0 spiro atoms.